The van der Waals surface area contributed by atoms with E-state index >= 15 is 0 Å². The molecule has 37 heavy (non-hydrogen) atoms. The zero-order chi connectivity index (χ0) is 25.9. The second-order valence-electron chi connectivity index (χ2n) is 8.50. The van der Waals surface area contributed by atoms with Gasteiger partial charge < -0.3 is 14.0 Å². The van der Waals surface area contributed by atoms with Crippen LogP contribution in [-0.4, -0.2) is 18.2 Å². The lowest BCUT2D eigenvalue weighted by Gasteiger charge is -2.10. The molecular formula is C29H20Cl3NO4. The maximum Gasteiger partial charge on any atom is 0.337 e. The molecule has 1 aliphatic carbocycles. The third-order valence-corrected chi connectivity index (χ3v) is 6.86. The van der Waals surface area contributed by atoms with Crippen molar-refractivity contribution in [1.82, 2.24) is 5.16 Å². The Morgan fingerprint density at radius 3 is 2.46 bits per heavy atom. The number of aromatic nitrogens is 1. The summed E-state index contributed by atoms with van der Waals surface area (Å²) in [7, 11) is 1.34. The summed E-state index contributed by atoms with van der Waals surface area (Å²) < 4.78 is 16.6. The highest BCUT2D eigenvalue weighted by Gasteiger charge is 2.33. The molecule has 3 aromatic carbocycles. The Morgan fingerprint density at radius 2 is 1.76 bits per heavy atom. The van der Waals surface area contributed by atoms with Crippen molar-refractivity contribution in [3.8, 4) is 28.8 Å². The van der Waals surface area contributed by atoms with Crippen molar-refractivity contribution in [2.75, 3.05) is 7.11 Å². The van der Waals surface area contributed by atoms with Crippen molar-refractivity contribution >= 4 is 40.8 Å². The van der Waals surface area contributed by atoms with Crippen LogP contribution in [0.4, 0.5) is 0 Å². The van der Waals surface area contributed by atoms with Gasteiger partial charge in [0.15, 0.2) is 0 Å². The Labute approximate surface area is 229 Å². The van der Waals surface area contributed by atoms with Crippen molar-refractivity contribution in [2.45, 2.75) is 25.4 Å². The van der Waals surface area contributed by atoms with Gasteiger partial charge in [-0.1, -0.05) is 63.9 Å². The summed E-state index contributed by atoms with van der Waals surface area (Å²) in [5, 5.41) is 5.72. The van der Waals surface area contributed by atoms with Crippen molar-refractivity contribution in [1.29, 1.82) is 0 Å². The monoisotopic (exact) mass is 551 g/mol. The maximum absolute atomic E-state index is 11.7. The molecule has 0 bridgehead atoms. The van der Waals surface area contributed by atoms with Gasteiger partial charge in [-0.3, -0.25) is 0 Å². The Hall–Kier alpha value is -3.43. The van der Waals surface area contributed by atoms with E-state index in [2.05, 4.69) is 17.0 Å². The SMILES string of the molecule is COC(=O)c1cccc(C#Cc2ccc(OCc3c(-c4c(Cl)cccc4Cl)noc3C3CC3)cc2Cl)c1. The number of halogens is 3. The number of rotatable bonds is 6. The van der Waals surface area contributed by atoms with Gasteiger partial charge in [0.2, 0.25) is 0 Å². The highest BCUT2D eigenvalue weighted by Crippen LogP contribution is 2.46. The molecule has 0 spiro atoms. The summed E-state index contributed by atoms with van der Waals surface area (Å²) in [5.41, 5.74) is 3.76. The van der Waals surface area contributed by atoms with E-state index in [-0.39, 0.29) is 6.61 Å². The minimum absolute atomic E-state index is 0.216. The number of ether oxygens (including phenoxy) is 2. The van der Waals surface area contributed by atoms with Crippen LogP contribution in [0.25, 0.3) is 11.3 Å². The van der Waals surface area contributed by atoms with E-state index in [1.54, 1.807) is 54.6 Å². The highest BCUT2D eigenvalue weighted by atomic mass is 35.5. The molecule has 8 heteroatoms. The van der Waals surface area contributed by atoms with Crippen LogP contribution in [0.1, 0.15) is 51.6 Å². The lowest BCUT2D eigenvalue weighted by molar-refractivity contribution is 0.0600. The molecule has 0 atom stereocenters. The smallest absolute Gasteiger partial charge is 0.337 e. The molecule has 1 saturated carbocycles. The van der Waals surface area contributed by atoms with Crippen molar-refractivity contribution < 1.29 is 18.8 Å². The van der Waals surface area contributed by atoms with Gasteiger partial charge in [0, 0.05) is 28.7 Å². The molecule has 1 fully saturated rings. The number of hydrogen-bond donors (Lipinski definition) is 0. The van der Waals surface area contributed by atoms with Gasteiger partial charge in [0.05, 0.1) is 33.3 Å². The van der Waals surface area contributed by atoms with Crippen LogP contribution in [0.15, 0.2) is 65.2 Å². The summed E-state index contributed by atoms with van der Waals surface area (Å²) >= 11 is 19.4. The Morgan fingerprint density at radius 1 is 1.00 bits per heavy atom. The number of methoxy groups -OCH3 is 1. The van der Waals surface area contributed by atoms with Gasteiger partial charge in [0.1, 0.15) is 23.8 Å². The normalized spacial score (nSPS) is 12.5. The first-order valence-electron chi connectivity index (χ1n) is 11.5. The third-order valence-electron chi connectivity index (χ3n) is 5.92. The predicted octanol–water partition coefficient (Wildman–Crippen LogP) is 7.94. The molecule has 0 aliphatic heterocycles. The summed E-state index contributed by atoms with van der Waals surface area (Å²) in [6, 6.07) is 17.5. The van der Waals surface area contributed by atoms with E-state index in [1.807, 2.05) is 6.07 Å². The van der Waals surface area contributed by atoms with E-state index in [0.717, 1.165) is 24.2 Å². The molecule has 5 nitrogen and oxygen atoms in total. The third kappa shape index (κ3) is 5.62. The Balaban J connectivity index is 1.36. The van der Waals surface area contributed by atoms with E-state index in [0.29, 0.717) is 54.7 Å². The van der Waals surface area contributed by atoms with Crippen molar-refractivity contribution in [3.63, 3.8) is 0 Å². The fraction of sp³-hybridized carbons (Fsp3) is 0.172. The number of esters is 1. The van der Waals surface area contributed by atoms with Gasteiger partial charge >= 0.3 is 5.97 Å². The van der Waals surface area contributed by atoms with E-state index < -0.39 is 5.97 Å². The fourth-order valence-electron chi connectivity index (χ4n) is 3.87. The first kappa shape index (κ1) is 25.2. The van der Waals surface area contributed by atoms with Crippen LogP contribution in [0.3, 0.4) is 0 Å². The molecule has 0 amide bonds. The van der Waals surface area contributed by atoms with Crippen LogP contribution in [0.5, 0.6) is 5.75 Å². The topological polar surface area (TPSA) is 61.6 Å². The first-order valence-corrected chi connectivity index (χ1v) is 12.6. The van der Waals surface area contributed by atoms with Gasteiger partial charge in [-0.05, 0) is 55.3 Å². The highest BCUT2D eigenvalue weighted by molar-refractivity contribution is 6.39. The van der Waals surface area contributed by atoms with Gasteiger partial charge in [-0.2, -0.15) is 0 Å². The van der Waals surface area contributed by atoms with Crippen LogP contribution < -0.4 is 4.74 Å². The fourth-order valence-corrected chi connectivity index (χ4v) is 4.67. The van der Waals surface area contributed by atoms with E-state index in [1.165, 1.54) is 7.11 Å². The zero-order valence-electron chi connectivity index (χ0n) is 19.7. The van der Waals surface area contributed by atoms with Gasteiger partial charge in [0.25, 0.3) is 0 Å². The van der Waals surface area contributed by atoms with Crippen molar-refractivity contribution in [2.24, 2.45) is 0 Å². The van der Waals surface area contributed by atoms with E-state index in [4.69, 9.17) is 48.8 Å². The standard InChI is InChI=1S/C29H20Cl3NO4/c1-35-29(34)20-5-2-4-17(14-20)8-9-18-12-13-21(15-25(18)32)36-16-22-27(33-37-28(22)19-10-11-19)26-23(30)6-3-7-24(26)31/h2-7,12-15,19H,10-11,16H2,1H3. The van der Waals surface area contributed by atoms with Crippen LogP contribution in [0, 0.1) is 11.8 Å². The summed E-state index contributed by atoms with van der Waals surface area (Å²) in [6.45, 7) is 0.216. The molecule has 0 N–H and O–H groups in total. The largest absolute Gasteiger partial charge is 0.489 e. The molecule has 0 saturated heterocycles. The molecule has 5 rings (SSSR count). The Bertz CT molecular complexity index is 1530. The number of nitrogens with zero attached hydrogens (tertiary/aromatic N) is 1. The van der Waals surface area contributed by atoms with Gasteiger partial charge in [-0.15, -0.1) is 0 Å². The second-order valence-corrected chi connectivity index (χ2v) is 9.72. The number of carbonyl (C=O) groups is 1. The summed E-state index contributed by atoms with van der Waals surface area (Å²) in [5.74, 6) is 7.35. The van der Waals surface area contributed by atoms with Gasteiger partial charge in [-0.25, -0.2) is 4.79 Å². The van der Waals surface area contributed by atoms with Crippen LogP contribution >= 0.6 is 34.8 Å². The van der Waals surface area contributed by atoms with Crippen LogP contribution in [-0.2, 0) is 11.3 Å². The lowest BCUT2D eigenvalue weighted by Crippen LogP contribution is -2.00. The number of benzene rings is 3. The molecule has 1 heterocycles. The average Bonchev–Trinajstić information content (AvgIpc) is 3.66. The molecule has 1 aliphatic rings. The Kier molecular flexibility index (Phi) is 7.43. The average molecular weight is 553 g/mol. The lowest BCUT2D eigenvalue weighted by atomic mass is 10.0. The van der Waals surface area contributed by atoms with Crippen LogP contribution in [0.2, 0.25) is 15.1 Å². The zero-order valence-corrected chi connectivity index (χ0v) is 22.0. The van der Waals surface area contributed by atoms with E-state index in [9.17, 15) is 4.79 Å². The minimum Gasteiger partial charge on any atom is -0.489 e. The molecule has 0 radical (unpaired) electrons. The number of carbonyl (C=O) groups excluding carboxylic acids is 1. The summed E-state index contributed by atoms with van der Waals surface area (Å²) in [4.78, 5) is 11.7. The first-order chi connectivity index (χ1) is 17.9. The maximum atomic E-state index is 11.7. The number of hydrogen-bond acceptors (Lipinski definition) is 5. The van der Waals surface area contributed by atoms with Crippen molar-refractivity contribution in [3.05, 3.63) is 104 Å². The second kappa shape index (κ2) is 10.9. The molecule has 4 aromatic rings. The molecular weight excluding hydrogens is 533 g/mol. The quantitative estimate of drug-likeness (QED) is 0.179. The molecule has 1 aromatic heterocycles. The predicted molar refractivity (Wildman–Crippen MR) is 143 cm³/mol. The summed E-state index contributed by atoms with van der Waals surface area (Å²) in [6.07, 6.45) is 2.08. The minimum atomic E-state index is -0.416. The molecule has 0 unspecified atom stereocenters. The molecule has 186 valence electrons.